The molecule has 1 atom stereocenters. The minimum atomic E-state index is -2.00. The first-order chi connectivity index (χ1) is 11.9. The van der Waals surface area contributed by atoms with E-state index in [0.29, 0.717) is 19.4 Å². The predicted molar refractivity (Wildman–Crippen MR) is 87.0 cm³/mol. The minimum Gasteiger partial charge on any atom is -0.479 e. The Morgan fingerprint density at radius 3 is 1.88 bits per heavy atom. The van der Waals surface area contributed by atoms with E-state index in [1.165, 1.54) is 0 Å². The number of carbonyl (C=O) groups is 3. The van der Waals surface area contributed by atoms with E-state index in [1.807, 2.05) is 13.8 Å². The van der Waals surface area contributed by atoms with Crippen LogP contribution in [0.25, 0.3) is 0 Å². The van der Waals surface area contributed by atoms with Gasteiger partial charge in [-0.3, -0.25) is 9.59 Å². The Hall–Kier alpha value is -1.67. The van der Waals surface area contributed by atoms with Crippen molar-refractivity contribution in [3.05, 3.63) is 0 Å². The van der Waals surface area contributed by atoms with E-state index in [0.717, 1.165) is 12.8 Å². The number of rotatable bonds is 14. The highest BCUT2D eigenvalue weighted by molar-refractivity contribution is 5.89. The van der Waals surface area contributed by atoms with Crippen LogP contribution in [-0.2, 0) is 33.3 Å². The molecule has 8 nitrogen and oxygen atoms in total. The van der Waals surface area contributed by atoms with Gasteiger partial charge in [-0.05, 0) is 12.8 Å². The fraction of sp³-hybridized carbons (Fsp3) is 0.824. The summed E-state index contributed by atoms with van der Waals surface area (Å²) >= 11 is 0. The number of esters is 2. The number of carbonyl (C=O) groups excluding carboxylic acids is 2. The molecule has 0 amide bonds. The van der Waals surface area contributed by atoms with E-state index in [1.54, 1.807) is 0 Å². The van der Waals surface area contributed by atoms with Crippen LogP contribution in [0.5, 0.6) is 0 Å². The number of hydrogen-bond donors (Lipinski definition) is 1. The van der Waals surface area contributed by atoms with Gasteiger partial charge in [-0.1, -0.05) is 26.7 Å². The lowest BCUT2D eigenvalue weighted by Gasteiger charge is -2.27. The first-order valence-corrected chi connectivity index (χ1v) is 8.73. The van der Waals surface area contributed by atoms with Crippen molar-refractivity contribution in [1.82, 2.24) is 0 Å². The molecule has 1 fully saturated rings. The summed E-state index contributed by atoms with van der Waals surface area (Å²) in [5, 5.41) is 9.62. The van der Waals surface area contributed by atoms with E-state index in [2.05, 4.69) is 0 Å². The lowest BCUT2D eigenvalue weighted by molar-refractivity contribution is -0.181. The molecule has 144 valence electrons. The van der Waals surface area contributed by atoms with E-state index in [4.69, 9.17) is 18.9 Å². The maximum absolute atomic E-state index is 12.0. The van der Waals surface area contributed by atoms with Crippen LogP contribution in [0.2, 0.25) is 0 Å². The number of carboxylic acid groups (broad SMARTS) is 1. The number of ether oxygens (including phenoxy) is 4. The molecule has 1 saturated heterocycles. The number of carboxylic acids is 1. The van der Waals surface area contributed by atoms with Gasteiger partial charge in [-0.2, -0.15) is 0 Å². The van der Waals surface area contributed by atoms with Crippen LogP contribution in [0.1, 0.15) is 52.4 Å². The van der Waals surface area contributed by atoms with E-state index in [-0.39, 0.29) is 25.9 Å². The molecule has 0 bridgehead atoms. The van der Waals surface area contributed by atoms with E-state index >= 15 is 0 Å². The number of epoxide rings is 1. The lowest BCUT2D eigenvalue weighted by atomic mass is 9.95. The average Bonchev–Trinajstić information content (AvgIpc) is 3.37. The van der Waals surface area contributed by atoms with Crippen LogP contribution in [0.4, 0.5) is 0 Å². The molecule has 0 aliphatic carbocycles. The second-order valence-corrected chi connectivity index (χ2v) is 6.07. The van der Waals surface area contributed by atoms with Crippen molar-refractivity contribution in [3.8, 4) is 0 Å². The summed E-state index contributed by atoms with van der Waals surface area (Å²) in [5.41, 5.74) is -2.00. The van der Waals surface area contributed by atoms with Gasteiger partial charge in [0, 0.05) is 0 Å². The molecule has 25 heavy (non-hydrogen) atoms. The molecular formula is C17H28O8. The fourth-order valence-electron chi connectivity index (χ4n) is 2.02. The fourth-order valence-corrected chi connectivity index (χ4v) is 2.02. The van der Waals surface area contributed by atoms with Gasteiger partial charge in [-0.25, -0.2) is 4.79 Å². The maximum Gasteiger partial charge on any atom is 0.337 e. The largest absolute Gasteiger partial charge is 0.479 e. The summed E-state index contributed by atoms with van der Waals surface area (Å²) in [5.74, 6) is -2.82. The molecule has 0 spiro atoms. The Labute approximate surface area is 147 Å². The highest BCUT2D eigenvalue weighted by Gasteiger charge is 2.46. The summed E-state index contributed by atoms with van der Waals surface area (Å²) in [4.78, 5) is 35.8. The van der Waals surface area contributed by atoms with Crippen molar-refractivity contribution in [2.45, 2.75) is 64.1 Å². The second-order valence-electron chi connectivity index (χ2n) is 6.07. The summed E-state index contributed by atoms with van der Waals surface area (Å²) < 4.78 is 20.5. The van der Waals surface area contributed by atoms with Crippen LogP contribution in [0.3, 0.4) is 0 Å². The number of aliphatic carboxylic acids is 1. The van der Waals surface area contributed by atoms with Crippen molar-refractivity contribution in [2.75, 3.05) is 26.4 Å². The highest BCUT2D eigenvalue weighted by Crippen LogP contribution is 2.26. The summed E-state index contributed by atoms with van der Waals surface area (Å²) in [6.07, 6.45) is 1.74. The summed E-state index contributed by atoms with van der Waals surface area (Å²) in [6.45, 7) is 4.77. The Morgan fingerprint density at radius 1 is 1.04 bits per heavy atom. The Morgan fingerprint density at radius 2 is 1.52 bits per heavy atom. The first-order valence-electron chi connectivity index (χ1n) is 8.73. The van der Waals surface area contributed by atoms with E-state index < -0.39 is 36.4 Å². The molecule has 1 unspecified atom stereocenters. The molecule has 0 aromatic carbocycles. The van der Waals surface area contributed by atoms with Crippen LogP contribution >= 0.6 is 0 Å². The third-order valence-electron chi connectivity index (χ3n) is 3.72. The van der Waals surface area contributed by atoms with Gasteiger partial charge >= 0.3 is 17.9 Å². The smallest absolute Gasteiger partial charge is 0.337 e. The molecule has 0 radical (unpaired) electrons. The highest BCUT2D eigenvalue weighted by atomic mass is 16.6. The van der Waals surface area contributed by atoms with Crippen LogP contribution < -0.4 is 0 Å². The third kappa shape index (κ3) is 8.31. The predicted octanol–water partition coefficient (Wildman–Crippen LogP) is 1.69. The summed E-state index contributed by atoms with van der Waals surface area (Å²) in [6, 6.07) is 0. The second kappa shape index (κ2) is 11.0. The standard InChI is InChI=1S/C17H28O8/c1-3-5-7-22-14(18)9-17(16(20)21,25-12-13-11-24-13)10-15(19)23-8-6-4-2/h13H,3-12H2,1-2H3,(H,20,21). The van der Waals surface area contributed by atoms with Crippen LogP contribution in [0.15, 0.2) is 0 Å². The Balaban J connectivity index is 2.71. The monoisotopic (exact) mass is 360 g/mol. The molecular weight excluding hydrogens is 332 g/mol. The molecule has 8 heteroatoms. The quantitative estimate of drug-likeness (QED) is 0.283. The van der Waals surface area contributed by atoms with Gasteiger partial charge in [0.15, 0.2) is 5.60 Å². The van der Waals surface area contributed by atoms with Crippen molar-refractivity contribution in [1.29, 1.82) is 0 Å². The van der Waals surface area contributed by atoms with Crippen molar-refractivity contribution >= 4 is 17.9 Å². The molecule has 0 aromatic rings. The third-order valence-corrected chi connectivity index (χ3v) is 3.72. The van der Waals surface area contributed by atoms with Crippen molar-refractivity contribution < 1.29 is 38.4 Å². The van der Waals surface area contributed by atoms with Gasteiger partial charge in [0.1, 0.15) is 6.10 Å². The van der Waals surface area contributed by atoms with Gasteiger partial charge in [0.2, 0.25) is 0 Å². The normalized spacial score (nSPS) is 16.3. The molecule has 0 aromatic heterocycles. The van der Waals surface area contributed by atoms with Crippen molar-refractivity contribution in [2.24, 2.45) is 0 Å². The summed E-state index contributed by atoms with van der Waals surface area (Å²) in [7, 11) is 0. The van der Waals surface area contributed by atoms with Gasteiger partial charge in [0.25, 0.3) is 0 Å². The Bertz CT molecular complexity index is 420. The molecule has 1 rings (SSSR count). The van der Waals surface area contributed by atoms with Crippen LogP contribution in [-0.4, -0.2) is 61.1 Å². The molecule has 1 heterocycles. The Kier molecular flexibility index (Phi) is 9.44. The molecule has 1 aliphatic heterocycles. The average molecular weight is 360 g/mol. The van der Waals surface area contributed by atoms with Crippen LogP contribution in [0, 0.1) is 0 Å². The molecule has 1 N–H and O–H groups in total. The molecule has 0 saturated carbocycles. The van der Waals surface area contributed by atoms with Gasteiger partial charge in [0.05, 0.1) is 39.3 Å². The van der Waals surface area contributed by atoms with E-state index in [9.17, 15) is 19.5 Å². The lowest BCUT2D eigenvalue weighted by Crippen LogP contribution is -2.47. The molecule has 1 aliphatic rings. The minimum absolute atomic E-state index is 0.00319. The number of hydrogen-bond acceptors (Lipinski definition) is 7. The first kappa shape index (κ1) is 21.4. The SMILES string of the molecule is CCCCOC(=O)CC(CC(=O)OCCCC)(OCC1CO1)C(=O)O. The van der Waals surface area contributed by atoms with Crippen molar-refractivity contribution in [3.63, 3.8) is 0 Å². The number of unbranched alkanes of at least 4 members (excludes halogenated alkanes) is 2. The zero-order chi connectivity index (χ0) is 18.7. The van der Waals surface area contributed by atoms with Gasteiger partial charge < -0.3 is 24.1 Å². The topological polar surface area (TPSA) is 112 Å². The zero-order valence-electron chi connectivity index (χ0n) is 15.0. The zero-order valence-corrected chi connectivity index (χ0v) is 15.0. The maximum atomic E-state index is 12.0. The van der Waals surface area contributed by atoms with Gasteiger partial charge in [-0.15, -0.1) is 0 Å².